The number of aromatic nitrogens is 1. The van der Waals surface area contributed by atoms with E-state index in [1.165, 1.54) is 6.07 Å². The number of halogens is 1. The van der Waals surface area contributed by atoms with Crippen LogP contribution in [0.2, 0.25) is 0 Å². The maximum Gasteiger partial charge on any atom is 0.224 e. The highest BCUT2D eigenvalue weighted by atomic mass is 19.1. The van der Waals surface area contributed by atoms with E-state index in [2.05, 4.69) is 15.6 Å². The molecule has 1 aromatic carbocycles. The van der Waals surface area contributed by atoms with E-state index in [9.17, 15) is 9.18 Å². The van der Waals surface area contributed by atoms with Gasteiger partial charge >= 0.3 is 0 Å². The molecule has 2 aromatic rings. The molecular formula is C18H22FN3O. The molecule has 0 aliphatic carbocycles. The van der Waals surface area contributed by atoms with Crippen LogP contribution in [-0.2, 0) is 11.2 Å². The van der Waals surface area contributed by atoms with Crippen LogP contribution in [0.3, 0.4) is 0 Å². The normalized spacial score (nSPS) is 10.6. The highest BCUT2D eigenvalue weighted by Crippen LogP contribution is 2.12. The minimum absolute atomic E-state index is 0.0120. The second-order valence-electron chi connectivity index (χ2n) is 5.85. The van der Waals surface area contributed by atoms with E-state index < -0.39 is 0 Å². The number of pyridine rings is 1. The number of carbonyl (C=O) groups excluding carboxylic acids is 1. The van der Waals surface area contributed by atoms with Crippen LogP contribution in [0.15, 0.2) is 42.6 Å². The van der Waals surface area contributed by atoms with Gasteiger partial charge in [-0.05, 0) is 36.1 Å². The fraction of sp³-hybridized carbons (Fsp3) is 0.333. The van der Waals surface area contributed by atoms with Crippen molar-refractivity contribution in [1.29, 1.82) is 0 Å². The molecule has 2 rings (SSSR count). The van der Waals surface area contributed by atoms with Gasteiger partial charge in [-0.2, -0.15) is 0 Å². The lowest BCUT2D eigenvalue weighted by Gasteiger charge is -2.09. The predicted octanol–water partition coefficient (Wildman–Crippen LogP) is 3.86. The summed E-state index contributed by atoms with van der Waals surface area (Å²) in [4.78, 5) is 15.9. The van der Waals surface area contributed by atoms with Crippen LogP contribution < -0.4 is 10.6 Å². The average Bonchev–Trinajstić information content (AvgIpc) is 2.50. The average molecular weight is 315 g/mol. The van der Waals surface area contributed by atoms with Crippen molar-refractivity contribution in [3.8, 4) is 0 Å². The molecule has 0 atom stereocenters. The first-order valence-corrected chi connectivity index (χ1v) is 7.78. The van der Waals surface area contributed by atoms with E-state index in [1.54, 1.807) is 30.5 Å². The Morgan fingerprint density at radius 1 is 1.22 bits per heavy atom. The third kappa shape index (κ3) is 5.70. The molecule has 0 saturated heterocycles. The van der Waals surface area contributed by atoms with Crippen molar-refractivity contribution < 1.29 is 9.18 Å². The molecule has 0 fully saturated rings. The van der Waals surface area contributed by atoms with Crippen molar-refractivity contribution in [3.63, 3.8) is 0 Å². The van der Waals surface area contributed by atoms with Gasteiger partial charge in [0, 0.05) is 13.0 Å². The third-order valence-corrected chi connectivity index (χ3v) is 3.30. The maximum atomic E-state index is 13.5. The van der Waals surface area contributed by atoms with E-state index in [1.807, 2.05) is 19.9 Å². The van der Waals surface area contributed by atoms with Gasteiger partial charge in [-0.1, -0.05) is 32.0 Å². The van der Waals surface area contributed by atoms with Crippen LogP contribution >= 0.6 is 0 Å². The Morgan fingerprint density at radius 2 is 2.00 bits per heavy atom. The fourth-order valence-electron chi connectivity index (χ4n) is 2.18. The van der Waals surface area contributed by atoms with Crippen LogP contribution in [0.1, 0.15) is 25.8 Å². The number of carbonyl (C=O) groups is 1. The quantitative estimate of drug-likeness (QED) is 0.816. The largest absolute Gasteiger partial charge is 0.370 e. The van der Waals surface area contributed by atoms with Gasteiger partial charge < -0.3 is 10.6 Å². The Labute approximate surface area is 136 Å². The van der Waals surface area contributed by atoms with Gasteiger partial charge in [0.2, 0.25) is 5.91 Å². The van der Waals surface area contributed by atoms with Gasteiger partial charge in [-0.15, -0.1) is 0 Å². The monoisotopic (exact) mass is 315 g/mol. The van der Waals surface area contributed by atoms with Crippen LogP contribution in [0, 0.1) is 11.7 Å². The fourth-order valence-corrected chi connectivity index (χ4v) is 2.18. The van der Waals surface area contributed by atoms with Crippen molar-refractivity contribution >= 4 is 17.4 Å². The summed E-state index contributed by atoms with van der Waals surface area (Å²) < 4.78 is 13.5. The molecule has 0 radical (unpaired) electrons. The van der Waals surface area contributed by atoms with Crippen LogP contribution in [0.5, 0.6) is 0 Å². The minimum atomic E-state index is -0.189. The van der Waals surface area contributed by atoms with E-state index in [0.29, 0.717) is 42.4 Å². The number of nitrogens with zero attached hydrogens (tertiary/aromatic N) is 1. The lowest BCUT2D eigenvalue weighted by atomic mass is 10.1. The summed E-state index contributed by atoms with van der Waals surface area (Å²) in [6, 6.07) is 10.3. The summed E-state index contributed by atoms with van der Waals surface area (Å²) in [5, 5.41) is 5.95. The SMILES string of the molecule is CC(C)CC(=O)Nc1ccc(NCCc2ccccc2F)nc1. The number of anilines is 2. The van der Waals surface area contributed by atoms with Gasteiger partial charge in [-0.3, -0.25) is 4.79 Å². The third-order valence-electron chi connectivity index (χ3n) is 3.30. The second-order valence-corrected chi connectivity index (χ2v) is 5.85. The van der Waals surface area contributed by atoms with Gasteiger partial charge in [-0.25, -0.2) is 9.37 Å². The zero-order valence-corrected chi connectivity index (χ0v) is 13.5. The summed E-state index contributed by atoms with van der Waals surface area (Å²) in [5.41, 5.74) is 1.35. The molecule has 0 unspecified atom stereocenters. The highest BCUT2D eigenvalue weighted by molar-refractivity contribution is 5.90. The van der Waals surface area contributed by atoms with E-state index in [-0.39, 0.29) is 11.7 Å². The Balaban J connectivity index is 1.81. The van der Waals surface area contributed by atoms with Crippen LogP contribution in [0.25, 0.3) is 0 Å². The molecule has 0 aliphatic rings. The zero-order chi connectivity index (χ0) is 16.7. The summed E-state index contributed by atoms with van der Waals surface area (Å²) in [6.45, 7) is 4.59. The summed E-state index contributed by atoms with van der Waals surface area (Å²) in [7, 11) is 0. The Hall–Kier alpha value is -2.43. The molecule has 23 heavy (non-hydrogen) atoms. The Morgan fingerprint density at radius 3 is 2.65 bits per heavy atom. The van der Waals surface area contributed by atoms with Crippen molar-refractivity contribution in [2.75, 3.05) is 17.2 Å². The lowest BCUT2D eigenvalue weighted by Crippen LogP contribution is -2.14. The number of rotatable bonds is 7. The first-order valence-electron chi connectivity index (χ1n) is 7.78. The van der Waals surface area contributed by atoms with E-state index >= 15 is 0 Å². The predicted molar refractivity (Wildman–Crippen MR) is 90.9 cm³/mol. The molecule has 5 heteroatoms. The maximum absolute atomic E-state index is 13.5. The first kappa shape index (κ1) is 16.9. The molecule has 0 spiro atoms. The molecule has 1 amide bonds. The molecular weight excluding hydrogens is 293 g/mol. The van der Waals surface area contributed by atoms with Crippen molar-refractivity contribution in [2.45, 2.75) is 26.7 Å². The van der Waals surface area contributed by atoms with E-state index in [0.717, 1.165) is 0 Å². The van der Waals surface area contributed by atoms with Gasteiger partial charge in [0.05, 0.1) is 11.9 Å². The van der Waals surface area contributed by atoms with Crippen molar-refractivity contribution in [3.05, 3.63) is 54.0 Å². The Kier molecular flexibility index (Phi) is 6.09. The highest BCUT2D eigenvalue weighted by Gasteiger charge is 2.05. The molecule has 4 nitrogen and oxygen atoms in total. The van der Waals surface area contributed by atoms with Gasteiger partial charge in [0.1, 0.15) is 11.6 Å². The summed E-state index contributed by atoms with van der Waals surface area (Å²) in [6.07, 6.45) is 2.69. The topological polar surface area (TPSA) is 54.0 Å². The molecule has 122 valence electrons. The summed E-state index contributed by atoms with van der Waals surface area (Å²) in [5.74, 6) is 0.818. The molecule has 1 aromatic heterocycles. The second kappa shape index (κ2) is 8.27. The number of hydrogen-bond acceptors (Lipinski definition) is 3. The molecule has 0 saturated carbocycles. The smallest absolute Gasteiger partial charge is 0.224 e. The minimum Gasteiger partial charge on any atom is -0.370 e. The van der Waals surface area contributed by atoms with Crippen molar-refractivity contribution in [1.82, 2.24) is 4.98 Å². The molecule has 2 N–H and O–H groups in total. The first-order chi connectivity index (χ1) is 11.0. The molecule has 0 aliphatic heterocycles. The van der Waals surface area contributed by atoms with Crippen LogP contribution in [-0.4, -0.2) is 17.4 Å². The number of hydrogen-bond donors (Lipinski definition) is 2. The number of benzene rings is 1. The number of amides is 1. The van der Waals surface area contributed by atoms with Crippen LogP contribution in [0.4, 0.5) is 15.9 Å². The zero-order valence-electron chi connectivity index (χ0n) is 13.5. The lowest BCUT2D eigenvalue weighted by molar-refractivity contribution is -0.116. The van der Waals surface area contributed by atoms with Gasteiger partial charge in [0.25, 0.3) is 0 Å². The molecule has 0 bridgehead atoms. The number of nitrogens with one attached hydrogen (secondary N) is 2. The van der Waals surface area contributed by atoms with Crippen molar-refractivity contribution in [2.24, 2.45) is 5.92 Å². The van der Waals surface area contributed by atoms with E-state index in [4.69, 9.17) is 0 Å². The summed E-state index contributed by atoms with van der Waals surface area (Å²) >= 11 is 0. The Bertz CT molecular complexity index is 641. The van der Waals surface area contributed by atoms with Gasteiger partial charge in [0.15, 0.2) is 0 Å². The molecule has 1 heterocycles. The standard InChI is InChI=1S/C18H22FN3O/c1-13(2)11-18(23)22-15-7-8-17(21-12-15)20-10-9-14-5-3-4-6-16(14)19/h3-8,12-13H,9-11H2,1-2H3,(H,20,21)(H,22,23).